The molecular weight excluding hydrogens is 242 g/mol. The van der Waals surface area contributed by atoms with Crippen LogP contribution in [0.2, 0.25) is 0 Å². The summed E-state index contributed by atoms with van der Waals surface area (Å²) in [7, 11) is 0. The molecule has 1 unspecified atom stereocenters. The molecule has 6 nitrogen and oxygen atoms in total. The van der Waals surface area contributed by atoms with Gasteiger partial charge in [0.05, 0.1) is 24.7 Å². The molecule has 1 amide bonds. The van der Waals surface area contributed by atoms with Gasteiger partial charge in [-0.3, -0.25) is 15.1 Å². The van der Waals surface area contributed by atoms with Crippen molar-refractivity contribution in [3.8, 4) is 0 Å². The zero-order valence-electron chi connectivity index (χ0n) is 10.3. The van der Waals surface area contributed by atoms with E-state index >= 15 is 0 Å². The van der Waals surface area contributed by atoms with E-state index in [1.807, 2.05) is 12.1 Å². The first-order valence-corrected chi connectivity index (χ1v) is 5.98. The van der Waals surface area contributed by atoms with Gasteiger partial charge in [-0.15, -0.1) is 0 Å². The minimum atomic E-state index is -0.405. The largest absolute Gasteiger partial charge is 0.327 e. The molecule has 0 saturated carbocycles. The van der Waals surface area contributed by atoms with Crippen LogP contribution in [0.1, 0.15) is 5.56 Å². The second-order valence-corrected chi connectivity index (χ2v) is 4.45. The highest BCUT2D eigenvalue weighted by atomic mass is 16.2. The lowest BCUT2D eigenvalue weighted by Gasteiger charge is -2.24. The van der Waals surface area contributed by atoms with Crippen LogP contribution in [-0.4, -0.2) is 40.9 Å². The van der Waals surface area contributed by atoms with Crippen molar-refractivity contribution in [1.29, 1.82) is 0 Å². The Morgan fingerprint density at radius 1 is 1.37 bits per heavy atom. The fourth-order valence-corrected chi connectivity index (χ4v) is 2.12. The second kappa shape index (κ2) is 4.74. The van der Waals surface area contributed by atoms with Crippen LogP contribution in [-0.2, 0) is 4.79 Å². The summed E-state index contributed by atoms with van der Waals surface area (Å²) in [6, 6.07) is 1.48. The SMILES string of the molecule is C=C1CNC(C2=NCC(c3ccnnc3)=C2)C(=O)N1. The average molecular weight is 255 g/mol. The lowest BCUT2D eigenvalue weighted by Crippen LogP contribution is -2.54. The topological polar surface area (TPSA) is 79.3 Å². The van der Waals surface area contributed by atoms with E-state index in [4.69, 9.17) is 0 Å². The summed E-state index contributed by atoms with van der Waals surface area (Å²) in [5.41, 5.74) is 3.46. The van der Waals surface area contributed by atoms with Crippen molar-refractivity contribution in [3.63, 3.8) is 0 Å². The maximum Gasteiger partial charge on any atom is 0.247 e. The van der Waals surface area contributed by atoms with Crippen LogP contribution in [0.25, 0.3) is 5.57 Å². The minimum absolute atomic E-state index is 0.111. The lowest BCUT2D eigenvalue weighted by atomic mass is 10.1. The molecule has 1 atom stereocenters. The summed E-state index contributed by atoms with van der Waals surface area (Å²) in [6.07, 6.45) is 5.27. The van der Waals surface area contributed by atoms with E-state index in [0.717, 1.165) is 16.8 Å². The van der Waals surface area contributed by atoms with E-state index in [-0.39, 0.29) is 5.91 Å². The third-order valence-corrected chi connectivity index (χ3v) is 3.09. The van der Waals surface area contributed by atoms with E-state index in [1.54, 1.807) is 12.4 Å². The molecule has 1 saturated heterocycles. The van der Waals surface area contributed by atoms with Crippen molar-refractivity contribution in [2.75, 3.05) is 13.1 Å². The molecule has 2 aliphatic rings. The summed E-state index contributed by atoms with van der Waals surface area (Å²) in [6.45, 7) is 4.85. The summed E-state index contributed by atoms with van der Waals surface area (Å²) in [5.74, 6) is -0.111. The van der Waals surface area contributed by atoms with Crippen LogP contribution in [0.15, 0.2) is 41.8 Å². The number of rotatable bonds is 2. The summed E-state index contributed by atoms with van der Waals surface area (Å²) < 4.78 is 0. The Bertz CT molecular complexity index is 590. The maximum absolute atomic E-state index is 11.9. The number of nitrogens with one attached hydrogen (secondary N) is 2. The number of carbonyl (C=O) groups excluding carboxylic acids is 1. The molecular formula is C13H13N5O. The molecule has 0 spiro atoms. The third-order valence-electron chi connectivity index (χ3n) is 3.09. The first-order valence-electron chi connectivity index (χ1n) is 5.98. The number of hydrogen-bond donors (Lipinski definition) is 2. The minimum Gasteiger partial charge on any atom is -0.327 e. The number of nitrogens with zero attached hydrogens (tertiary/aromatic N) is 3. The molecule has 1 aromatic heterocycles. The first-order chi connectivity index (χ1) is 9.24. The van der Waals surface area contributed by atoms with E-state index in [9.17, 15) is 4.79 Å². The lowest BCUT2D eigenvalue weighted by molar-refractivity contribution is -0.121. The fourth-order valence-electron chi connectivity index (χ4n) is 2.12. The molecule has 0 aliphatic carbocycles. The van der Waals surface area contributed by atoms with Crippen LogP contribution in [0.4, 0.5) is 0 Å². The molecule has 96 valence electrons. The Morgan fingerprint density at radius 2 is 2.26 bits per heavy atom. The Labute approximate surface area is 110 Å². The van der Waals surface area contributed by atoms with Gasteiger partial charge in [0.15, 0.2) is 0 Å². The van der Waals surface area contributed by atoms with Gasteiger partial charge < -0.3 is 5.32 Å². The standard InChI is InChI=1S/C13H13N5O/c1-8-5-15-12(13(19)18-8)11-4-10(6-14-11)9-2-3-16-17-7-9/h2-4,7,12,15H,1,5-6H2,(H,18,19). The average Bonchev–Trinajstić information content (AvgIpc) is 2.89. The van der Waals surface area contributed by atoms with Crippen LogP contribution < -0.4 is 10.6 Å². The van der Waals surface area contributed by atoms with Crippen molar-refractivity contribution in [2.45, 2.75) is 6.04 Å². The Morgan fingerprint density at radius 3 is 3.00 bits per heavy atom. The summed E-state index contributed by atoms with van der Waals surface area (Å²) in [5, 5.41) is 13.4. The summed E-state index contributed by atoms with van der Waals surface area (Å²) in [4.78, 5) is 16.3. The van der Waals surface area contributed by atoms with Crippen LogP contribution >= 0.6 is 0 Å². The quantitative estimate of drug-likeness (QED) is 0.774. The first kappa shape index (κ1) is 11.7. The maximum atomic E-state index is 11.9. The highest BCUT2D eigenvalue weighted by Gasteiger charge is 2.29. The van der Waals surface area contributed by atoms with Gasteiger partial charge in [0, 0.05) is 17.8 Å². The van der Waals surface area contributed by atoms with Gasteiger partial charge in [0.25, 0.3) is 0 Å². The van der Waals surface area contributed by atoms with Crippen molar-refractivity contribution >= 4 is 17.2 Å². The van der Waals surface area contributed by atoms with Crippen molar-refractivity contribution in [3.05, 3.63) is 42.4 Å². The molecule has 2 N–H and O–H groups in total. The van der Waals surface area contributed by atoms with Gasteiger partial charge in [0.2, 0.25) is 5.91 Å². The Hall–Kier alpha value is -2.34. The van der Waals surface area contributed by atoms with Crippen LogP contribution in [0.5, 0.6) is 0 Å². The number of aliphatic imine (C=N–C) groups is 1. The molecule has 1 fully saturated rings. The molecule has 1 aromatic rings. The molecule has 3 rings (SSSR count). The van der Waals surface area contributed by atoms with E-state index in [2.05, 4.69) is 32.4 Å². The van der Waals surface area contributed by atoms with Crippen LogP contribution in [0.3, 0.4) is 0 Å². The zero-order chi connectivity index (χ0) is 13.2. The monoisotopic (exact) mass is 255 g/mol. The summed E-state index contributed by atoms with van der Waals surface area (Å²) >= 11 is 0. The van der Waals surface area contributed by atoms with Crippen molar-refractivity contribution < 1.29 is 4.79 Å². The van der Waals surface area contributed by atoms with E-state index in [0.29, 0.717) is 18.8 Å². The number of aromatic nitrogens is 2. The van der Waals surface area contributed by atoms with Crippen molar-refractivity contribution in [1.82, 2.24) is 20.8 Å². The second-order valence-electron chi connectivity index (χ2n) is 4.45. The molecule has 2 aliphatic heterocycles. The van der Waals surface area contributed by atoms with Gasteiger partial charge in [0.1, 0.15) is 6.04 Å². The smallest absolute Gasteiger partial charge is 0.247 e. The predicted octanol–water partition coefficient (Wildman–Crippen LogP) is -0.0837. The molecule has 3 heterocycles. The molecule has 0 aromatic carbocycles. The van der Waals surface area contributed by atoms with E-state index < -0.39 is 6.04 Å². The predicted molar refractivity (Wildman–Crippen MR) is 71.4 cm³/mol. The van der Waals surface area contributed by atoms with Gasteiger partial charge in [-0.2, -0.15) is 10.2 Å². The highest BCUT2D eigenvalue weighted by molar-refractivity contribution is 6.18. The van der Waals surface area contributed by atoms with Gasteiger partial charge in [-0.25, -0.2) is 0 Å². The molecule has 0 radical (unpaired) electrons. The normalized spacial score (nSPS) is 22.8. The Kier molecular flexibility index (Phi) is 2.92. The number of amides is 1. The van der Waals surface area contributed by atoms with Crippen LogP contribution in [0, 0.1) is 0 Å². The van der Waals surface area contributed by atoms with Gasteiger partial charge in [-0.05, 0) is 17.7 Å². The molecule has 0 bridgehead atoms. The third kappa shape index (κ3) is 2.30. The molecule has 6 heteroatoms. The fraction of sp³-hybridized carbons (Fsp3) is 0.231. The van der Waals surface area contributed by atoms with Gasteiger partial charge in [-0.1, -0.05) is 6.58 Å². The highest BCUT2D eigenvalue weighted by Crippen LogP contribution is 2.19. The number of hydrogen-bond acceptors (Lipinski definition) is 5. The Balaban J connectivity index is 1.79. The van der Waals surface area contributed by atoms with Gasteiger partial charge >= 0.3 is 0 Å². The number of carbonyl (C=O) groups is 1. The zero-order valence-corrected chi connectivity index (χ0v) is 10.3. The van der Waals surface area contributed by atoms with E-state index in [1.165, 1.54) is 0 Å². The molecule has 19 heavy (non-hydrogen) atoms. The number of piperazine rings is 1. The van der Waals surface area contributed by atoms with Crippen molar-refractivity contribution in [2.24, 2.45) is 4.99 Å².